The maximum absolute atomic E-state index is 13.5. The number of esters is 2. The van der Waals surface area contributed by atoms with Crippen LogP contribution in [-0.4, -0.2) is 35.1 Å². The predicted molar refractivity (Wildman–Crippen MR) is 183 cm³/mol. The van der Waals surface area contributed by atoms with E-state index in [1.807, 2.05) is 12.1 Å². The number of nitrogens with one attached hydrogen (secondary N) is 2. The van der Waals surface area contributed by atoms with Gasteiger partial charge in [-0.3, -0.25) is 0 Å². The van der Waals surface area contributed by atoms with Crippen molar-refractivity contribution in [2.24, 2.45) is 0 Å². The van der Waals surface area contributed by atoms with Gasteiger partial charge in [0.25, 0.3) is 0 Å². The van der Waals surface area contributed by atoms with Gasteiger partial charge in [0, 0.05) is 23.8 Å². The van der Waals surface area contributed by atoms with Gasteiger partial charge < -0.3 is 19.4 Å². The molecule has 0 bridgehead atoms. The van der Waals surface area contributed by atoms with Gasteiger partial charge in [-0.2, -0.15) is 0 Å². The molecule has 0 radical (unpaired) electrons. The van der Waals surface area contributed by atoms with Crippen molar-refractivity contribution in [3.63, 3.8) is 0 Å². The first-order chi connectivity index (χ1) is 23.0. The van der Waals surface area contributed by atoms with Crippen molar-refractivity contribution in [2.45, 2.75) is 71.1 Å². The Bertz CT molecular complexity index is 1800. The molecule has 0 spiro atoms. The summed E-state index contributed by atoms with van der Waals surface area (Å²) in [5.74, 6) is -1.12. The lowest BCUT2D eigenvalue weighted by atomic mass is 9.79. The molecular weight excluding hydrogens is 584 g/mol. The molecule has 2 aliphatic rings. The lowest BCUT2D eigenvalue weighted by Gasteiger charge is -2.25. The number of ether oxygens (including phenoxy) is 2. The second kappa shape index (κ2) is 13.5. The van der Waals surface area contributed by atoms with Gasteiger partial charge in [0.15, 0.2) is 0 Å². The molecule has 0 saturated heterocycles. The molecule has 2 aromatic heterocycles. The molecule has 2 aliphatic carbocycles. The summed E-state index contributed by atoms with van der Waals surface area (Å²) < 4.78 is 11.3. The minimum absolute atomic E-state index is 0.274. The predicted octanol–water partition coefficient (Wildman–Crippen LogP) is 8.43. The van der Waals surface area contributed by atoms with Crippen molar-refractivity contribution in [3.8, 4) is 0 Å². The minimum atomic E-state index is -0.424. The van der Waals surface area contributed by atoms with Crippen LogP contribution >= 0.6 is 0 Å². The van der Waals surface area contributed by atoms with E-state index >= 15 is 0 Å². The number of hydrogen-bond donors (Lipinski definition) is 2. The van der Waals surface area contributed by atoms with E-state index in [2.05, 4.69) is 84.7 Å². The summed E-state index contributed by atoms with van der Waals surface area (Å²) in [6.45, 7) is 4.81. The largest absolute Gasteiger partial charge is 0.462 e. The molecule has 0 aliphatic heterocycles. The van der Waals surface area contributed by atoms with Crippen LogP contribution in [0.4, 0.5) is 0 Å². The third-order valence-corrected chi connectivity index (χ3v) is 9.76. The first-order valence-corrected chi connectivity index (χ1v) is 17.0. The first-order valence-electron chi connectivity index (χ1n) is 17.0. The molecule has 2 N–H and O–H groups in total. The van der Waals surface area contributed by atoms with E-state index in [4.69, 9.17) is 9.47 Å². The quantitative estimate of drug-likeness (QED) is 0.112. The van der Waals surface area contributed by atoms with Crippen LogP contribution in [0.15, 0.2) is 79.1 Å². The molecule has 240 valence electrons. The van der Waals surface area contributed by atoms with Gasteiger partial charge in [0.05, 0.1) is 30.3 Å². The molecule has 2 heterocycles. The van der Waals surface area contributed by atoms with Gasteiger partial charge in [0.2, 0.25) is 0 Å². The summed E-state index contributed by atoms with van der Waals surface area (Å²) in [4.78, 5) is 34.3. The van der Waals surface area contributed by atoms with Crippen molar-refractivity contribution in [1.29, 1.82) is 0 Å². The molecule has 3 aromatic carbocycles. The van der Waals surface area contributed by atoms with Gasteiger partial charge in [-0.25, -0.2) is 9.59 Å². The number of aromatic nitrogens is 2. The maximum Gasteiger partial charge on any atom is 0.338 e. The van der Waals surface area contributed by atoms with Gasteiger partial charge in [-0.1, -0.05) is 75.2 Å². The maximum atomic E-state index is 13.5. The zero-order valence-electron chi connectivity index (χ0n) is 27.3. The Morgan fingerprint density at radius 1 is 0.617 bits per heavy atom. The Hall–Kier alpha value is -4.84. The zero-order valence-corrected chi connectivity index (χ0v) is 27.3. The summed E-state index contributed by atoms with van der Waals surface area (Å²) in [6.07, 6.45) is 11.1. The second-order valence-corrected chi connectivity index (χ2v) is 12.9. The lowest BCUT2D eigenvalue weighted by Crippen LogP contribution is -2.17. The Kier molecular flexibility index (Phi) is 8.84. The van der Waals surface area contributed by atoms with E-state index in [-0.39, 0.29) is 5.92 Å². The van der Waals surface area contributed by atoms with Crippen LogP contribution in [0.5, 0.6) is 0 Å². The van der Waals surface area contributed by atoms with E-state index in [1.165, 1.54) is 44.5 Å². The minimum Gasteiger partial charge on any atom is -0.462 e. The van der Waals surface area contributed by atoms with Crippen molar-refractivity contribution < 1.29 is 19.1 Å². The summed E-state index contributed by atoms with van der Waals surface area (Å²) >= 11 is 0. The molecule has 0 amide bonds. The molecule has 0 saturated carbocycles. The lowest BCUT2D eigenvalue weighted by molar-refractivity contribution is 0.0498. The number of H-pyrrole nitrogens is 2. The molecule has 0 unspecified atom stereocenters. The molecule has 0 fully saturated rings. The zero-order chi connectivity index (χ0) is 32.3. The Morgan fingerprint density at radius 3 is 1.47 bits per heavy atom. The van der Waals surface area contributed by atoms with Gasteiger partial charge in [0.1, 0.15) is 0 Å². The summed E-state index contributed by atoms with van der Waals surface area (Å²) in [5, 5.41) is 0. The highest BCUT2D eigenvalue weighted by molar-refractivity contribution is 5.96. The van der Waals surface area contributed by atoms with Crippen LogP contribution in [0.1, 0.15) is 128 Å². The number of fused-ring (bicyclic) bond motifs is 4. The van der Waals surface area contributed by atoms with Crippen LogP contribution in [0.25, 0.3) is 0 Å². The van der Waals surface area contributed by atoms with E-state index < -0.39 is 11.9 Å². The standard InChI is InChI=1S/C41H42N2O4/c1-3-5-15-46-40(44)31-19-30(20-32(21-31)41(45)47-16-6-4-2)37(38-35-22-28-13-9-7-11-26(28)17-33(35)24-42-38)39-36-23-29-14-10-8-12-27(29)18-34(36)25-43-39/h7-14,19-21,24-25,37,42-43H,3-6,15-18,22-23H2,1-2H3. The van der Waals surface area contributed by atoms with Crippen LogP contribution in [-0.2, 0) is 35.2 Å². The van der Waals surface area contributed by atoms with Gasteiger partial charge in [-0.05, 0) is 107 Å². The third-order valence-electron chi connectivity index (χ3n) is 9.76. The van der Waals surface area contributed by atoms with Gasteiger partial charge in [-0.15, -0.1) is 0 Å². The van der Waals surface area contributed by atoms with Gasteiger partial charge >= 0.3 is 11.9 Å². The van der Waals surface area contributed by atoms with Crippen LogP contribution in [0.2, 0.25) is 0 Å². The second-order valence-electron chi connectivity index (χ2n) is 12.9. The molecular formula is C41H42N2O4. The van der Waals surface area contributed by atoms with E-state index in [1.54, 1.807) is 6.07 Å². The number of carbonyl (C=O) groups excluding carboxylic acids is 2. The molecule has 6 heteroatoms. The first kappa shape index (κ1) is 30.8. The highest BCUT2D eigenvalue weighted by Crippen LogP contribution is 2.42. The van der Waals surface area contributed by atoms with Crippen LogP contribution in [0.3, 0.4) is 0 Å². The molecule has 0 atom stereocenters. The highest BCUT2D eigenvalue weighted by atomic mass is 16.5. The molecule has 6 nitrogen and oxygen atoms in total. The fraction of sp³-hybridized carbons (Fsp3) is 0.317. The molecule has 7 rings (SSSR count). The van der Waals surface area contributed by atoms with Crippen molar-refractivity contribution in [3.05, 3.63) is 152 Å². The normalized spacial score (nSPS) is 13.0. The fourth-order valence-corrected chi connectivity index (χ4v) is 7.19. The average molecular weight is 627 g/mol. The average Bonchev–Trinajstić information content (AvgIpc) is 3.70. The summed E-state index contributed by atoms with van der Waals surface area (Å²) in [7, 11) is 0. The monoisotopic (exact) mass is 626 g/mol. The van der Waals surface area contributed by atoms with Crippen LogP contribution < -0.4 is 0 Å². The van der Waals surface area contributed by atoms with E-state index in [0.29, 0.717) is 24.3 Å². The fourth-order valence-electron chi connectivity index (χ4n) is 7.19. The van der Waals surface area contributed by atoms with E-state index in [9.17, 15) is 9.59 Å². The summed E-state index contributed by atoms with van der Waals surface area (Å²) in [6, 6.07) is 22.7. The van der Waals surface area contributed by atoms with Crippen molar-refractivity contribution in [1.82, 2.24) is 9.97 Å². The number of hydrogen-bond acceptors (Lipinski definition) is 4. The SMILES string of the molecule is CCCCOC(=O)c1cc(C(=O)OCCCC)cc(C(c2[nH]cc3c2Cc2ccccc2C3)c2[nH]cc3c2Cc2ccccc2C3)c1. The number of aromatic amines is 2. The summed E-state index contributed by atoms with van der Waals surface area (Å²) in [5.41, 5.74) is 14.2. The van der Waals surface area contributed by atoms with E-state index in [0.717, 1.165) is 68.3 Å². The number of unbranched alkanes of at least 4 members (excludes halogenated alkanes) is 2. The Labute approximate surface area is 276 Å². The number of benzene rings is 3. The number of carbonyl (C=O) groups is 2. The number of rotatable bonds is 11. The van der Waals surface area contributed by atoms with Crippen molar-refractivity contribution >= 4 is 11.9 Å². The molecule has 47 heavy (non-hydrogen) atoms. The van der Waals surface area contributed by atoms with Crippen molar-refractivity contribution in [2.75, 3.05) is 13.2 Å². The smallest absolute Gasteiger partial charge is 0.338 e. The topological polar surface area (TPSA) is 84.2 Å². The highest BCUT2D eigenvalue weighted by Gasteiger charge is 2.32. The third kappa shape index (κ3) is 6.17. The molecule has 5 aromatic rings. The van der Waals surface area contributed by atoms with Crippen LogP contribution in [0, 0.1) is 0 Å². The Morgan fingerprint density at radius 2 is 1.04 bits per heavy atom. The Balaban J connectivity index is 1.37.